The van der Waals surface area contributed by atoms with E-state index < -0.39 is 0 Å². The Bertz CT molecular complexity index is 817. The van der Waals surface area contributed by atoms with E-state index in [2.05, 4.69) is 39.5 Å². The lowest BCUT2D eigenvalue weighted by molar-refractivity contribution is 0.0975. The van der Waals surface area contributed by atoms with Crippen molar-refractivity contribution in [2.75, 3.05) is 50.1 Å². The third-order valence-corrected chi connectivity index (χ3v) is 5.09. The fourth-order valence-electron chi connectivity index (χ4n) is 3.24. The maximum absolute atomic E-state index is 12.4. The molecule has 0 spiro atoms. The molecule has 0 bridgehead atoms. The van der Waals surface area contributed by atoms with Gasteiger partial charge in [0.2, 0.25) is 0 Å². The van der Waals surface area contributed by atoms with Crippen molar-refractivity contribution in [2.24, 2.45) is 0 Å². The van der Waals surface area contributed by atoms with Gasteiger partial charge in [-0.05, 0) is 55.2 Å². The van der Waals surface area contributed by atoms with Crippen LogP contribution in [0.5, 0.6) is 5.75 Å². The maximum atomic E-state index is 12.4. The van der Waals surface area contributed by atoms with Crippen LogP contribution >= 0.6 is 12.2 Å². The Labute approximate surface area is 171 Å². The number of benzene rings is 2. The molecule has 3 rings (SSSR count). The summed E-state index contributed by atoms with van der Waals surface area (Å²) in [5.41, 5.74) is 2.47. The summed E-state index contributed by atoms with van der Waals surface area (Å²) in [6, 6.07) is 15.1. The molecule has 1 saturated heterocycles. The van der Waals surface area contributed by atoms with Gasteiger partial charge in [-0.2, -0.15) is 0 Å². The van der Waals surface area contributed by atoms with Crippen LogP contribution in [0.3, 0.4) is 0 Å². The Kier molecular flexibility index (Phi) is 6.84. The number of rotatable bonds is 5. The van der Waals surface area contributed by atoms with Crippen LogP contribution in [-0.4, -0.2) is 55.8 Å². The molecule has 1 heterocycles. The minimum absolute atomic E-state index is 0.250. The highest BCUT2D eigenvalue weighted by Crippen LogP contribution is 2.20. The molecule has 6 nitrogen and oxygen atoms in total. The summed E-state index contributed by atoms with van der Waals surface area (Å²) in [6.07, 6.45) is 0. The Hall–Kier alpha value is -2.64. The van der Waals surface area contributed by atoms with E-state index in [0.29, 0.717) is 11.3 Å². The van der Waals surface area contributed by atoms with Crippen LogP contribution in [0.1, 0.15) is 17.3 Å². The molecule has 28 heavy (non-hydrogen) atoms. The average Bonchev–Trinajstić information content (AvgIpc) is 2.74. The van der Waals surface area contributed by atoms with Crippen molar-refractivity contribution < 1.29 is 9.53 Å². The normalized spacial score (nSPS) is 14.4. The topological polar surface area (TPSA) is 56.8 Å². The zero-order valence-electron chi connectivity index (χ0n) is 16.3. The zero-order valence-corrected chi connectivity index (χ0v) is 17.1. The molecule has 1 fully saturated rings. The predicted molar refractivity (Wildman–Crippen MR) is 117 cm³/mol. The quantitative estimate of drug-likeness (QED) is 0.756. The summed E-state index contributed by atoms with van der Waals surface area (Å²) in [7, 11) is 1.53. The molecule has 0 radical (unpaired) electrons. The van der Waals surface area contributed by atoms with E-state index in [1.807, 2.05) is 18.2 Å². The summed E-state index contributed by atoms with van der Waals surface area (Å²) in [5, 5.41) is 6.00. The van der Waals surface area contributed by atoms with E-state index in [9.17, 15) is 4.79 Å². The lowest BCUT2D eigenvalue weighted by Gasteiger charge is -2.35. The number of anilines is 2. The fourth-order valence-corrected chi connectivity index (χ4v) is 3.45. The first-order valence-corrected chi connectivity index (χ1v) is 9.84. The van der Waals surface area contributed by atoms with Gasteiger partial charge in [0.15, 0.2) is 5.11 Å². The molecular formula is C21H26N4O2S. The zero-order chi connectivity index (χ0) is 19.9. The Balaban J connectivity index is 1.55. The molecule has 0 atom stereocenters. The summed E-state index contributed by atoms with van der Waals surface area (Å²) >= 11 is 5.28. The number of hydrogen-bond donors (Lipinski definition) is 2. The Morgan fingerprint density at radius 2 is 1.75 bits per heavy atom. The first-order valence-electron chi connectivity index (χ1n) is 9.43. The number of para-hydroxylation sites is 1. The van der Waals surface area contributed by atoms with E-state index in [1.165, 1.54) is 12.8 Å². The monoisotopic (exact) mass is 398 g/mol. The molecule has 2 N–H and O–H groups in total. The van der Waals surface area contributed by atoms with Gasteiger partial charge in [0, 0.05) is 37.6 Å². The number of thiocarbonyl (C=S) groups is 1. The number of ether oxygens (including phenoxy) is 1. The second-order valence-corrected chi connectivity index (χ2v) is 6.98. The van der Waals surface area contributed by atoms with Gasteiger partial charge in [-0.3, -0.25) is 10.1 Å². The number of hydrogen-bond acceptors (Lipinski definition) is 5. The van der Waals surface area contributed by atoms with Gasteiger partial charge in [0.25, 0.3) is 5.91 Å². The van der Waals surface area contributed by atoms with Crippen molar-refractivity contribution in [1.82, 2.24) is 10.2 Å². The van der Waals surface area contributed by atoms with Crippen molar-refractivity contribution in [2.45, 2.75) is 6.92 Å². The maximum Gasteiger partial charge on any atom is 0.261 e. The van der Waals surface area contributed by atoms with E-state index in [0.717, 1.165) is 38.4 Å². The van der Waals surface area contributed by atoms with Crippen LogP contribution in [0.15, 0.2) is 48.5 Å². The number of carbonyl (C=O) groups is 1. The molecule has 1 aliphatic heterocycles. The highest BCUT2D eigenvalue weighted by atomic mass is 32.1. The minimum Gasteiger partial charge on any atom is -0.496 e. The molecule has 1 amide bonds. The van der Waals surface area contributed by atoms with E-state index >= 15 is 0 Å². The number of nitrogens with zero attached hydrogens (tertiary/aromatic N) is 2. The molecule has 0 saturated carbocycles. The van der Waals surface area contributed by atoms with Crippen LogP contribution in [-0.2, 0) is 0 Å². The van der Waals surface area contributed by atoms with Crippen LogP contribution in [0, 0.1) is 0 Å². The molecule has 0 aromatic heterocycles. The van der Waals surface area contributed by atoms with E-state index in [-0.39, 0.29) is 11.0 Å². The number of amides is 1. The third kappa shape index (κ3) is 4.99. The standard InChI is InChI=1S/C21H26N4O2S/c1-3-24-12-14-25(15-13-24)17-10-8-16(9-11-17)22-21(28)23-20(26)18-6-4-5-7-19(18)27-2/h4-11H,3,12-15H2,1-2H3,(H2,22,23,26,28). The van der Waals surface area contributed by atoms with Crippen LogP contribution in [0.4, 0.5) is 11.4 Å². The van der Waals surface area contributed by atoms with Gasteiger partial charge in [0.05, 0.1) is 12.7 Å². The SMILES string of the molecule is CCN1CCN(c2ccc(NC(=S)NC(=O)c3ccccc3OC)cc2)CC1. The number of likely N-dealkylation sites (N-methyl/N-ethyl adjacent to an activating group) is 1. The van der Waals surface area contributed by atoms with Crippen molar-refractivity contribution in [3.63, 3.8) is 0 Å². The van der Waals surface area contributed by atoms with Crippen LogP contribution < -0.4 is 20.3 Å². The van der Waals surface area contributed by atoms with Gasteiger partial charge in [-0.1, -0.05) is 19.1 Å². The number of methoxy groups -OCH3 is 1. The fraction of sp³-hybridized carbons (Fsp3) is 0.333. The van der Waals surface area contributed by atoms with Gasteiger partial charge >= 0.3 is 0 Å². The summed E-state index contributed by atoms with van der Waals surface area (Å²) in [4.78, 5) is 17.2. The molecule has 7 heteroatoms. The second kappa shape index (κ2) is 9.52. The average molecular weight is 399 g/mol. The van der Waals surface area contributed by atoms with Gasteiger partial charge < -0.3 is 19.9 Å². The second-order valence-electron chi connectivity index (χ2n) is 6.58. The first kappa shape index (κ1) is 20.1. The number of carbonyl (C=O) groups excluding carboxylic acids is 1. The van der Waals surface area contributed by atoms with Crippen LogP contribution in [0.25, 0.3) is 0 Å². The van der Waals surface area contributed by atoms with Crippen molar-refractivity contribution in [3.05, 3.63) is 54.1 Å². The molecule has 0 unspecified atom stereocenters. The molecule has 2 aromatic rings. The third-order valence-electron chi connectivity index (χ3n) is 4.89. The summed E-state index contributed by atoms with van der Waals surface area (Å²) < 4.78 is 5.22. The smallest absolute Gasteiger partial charge is 0.261 e. The number of nitrogens with one attached hydrogen (secondary N) is 2. The summed E-state index contributed by atoms with van der Waals surface area (Å²) in [6.45, 7) is 7.56. The lowest BCUT2D eigenvalue weighted by Crippen LogP contribution is -2.46. The van der Waals surface area contributed by atoms with Crippen molar-refractivity contribution in [3.8, 4) is 5.75 Å². The Morgan fingerprint density at radius 1 is 1.07 bits per heavy atom. The number of piperazine rings is 1. The molecular weight excluding hydrogens is 372 g/mol. The van der Waals surface area contributed by atoms with E-state index in [4.69, 9.17) is 17.0 Å². The van der Waals surface area contributed by atoms with Crippen molar-refractivity contribution >= 4 is 34.6 Å². The van der Waals surface area contributed by atoms with Gasteiger partial charge in [0.1, 0.15) is 5.75 Å². The molecule has 148 valence electrons. The van der Waals surface area contributed by atoms with Gasteiger partial charge in [-0.15, -0.1) is 0 Å². The lowest BCUT2D eigenvalue weighted by atomic mass is 10.2. The van der Waals surface area contributed by atoms with Crippen LogP contribution in [0.2, 0.25) is 0 Å². The largest absolute Gasteiger partial charge is 0.496 e. The molecule has 1 aliphatic rings. The molecule has 0 aliphatic carbocycles. The Morgan fingerprint density at radius 3 is 2.39 bits per heavy atom. The highest BCUT2D eigenvalue weighted by molar-refractivity contribution is 7.80. The molecule has 2 aromatic carbocycles. The minimum atomic E-state index is -0.305. The highest BCUT2D eigenvalue weighted by Gasteiger charge is 2.16. The first-order chi connectivity index (χ1) is 13.6. The van der Waals surface area contributed by atoms with E-state index in [1.54, 1.807) is 18.2 Å². The predicted octanol–water partition coefficient (Wildman–Crippen LogP) is 2.96. The van der Waals surface area contributed by atoms with Crippen molar-refractivity contribution in [1.29, 1.82) is 0 Å². The van der Waals surface area contributed by atoms with Gasteiger partial charge in [-0.25, -0.2) is 0 Å². The summed E-state index contributed by atoms with van der Waals surface area (Å²) in [5.74, 6) is 0.204.